The van der Waals surface area contributed by atoms with Crippen LogP contribution in [0.1, 0.15) is 30.6 Å². The third-order valence-corrected chi connectivity index (χ3v) is 1.84. The Balaban J connectivity index is 2.96. The van der Waals surface area contributed by atoms with E-state index in [0.29, 0.717) is 23.6 Å². The van der Waals surface area contributed by atoms with Gasteiger partial charge in [0.05, 0.1) is 12.2 Å². The number of nitrogens with two attached hydrogens (primary N) is 1. The SMILES string of the molecule is CCCOc1ccc(N)cc1C(C)=O. The van der Waals surface area contributed by atoms with Gasteiger partial charge in [0.25, 0.3) is 0 Å². The Morgan fingerprint density at radius 2 is 2.21 bits per heavy atom. The van der Waals surface area contributed by atoms with Gasteiger partial charge < -0.3 is 10.5 Å². The normalized spacial score (nSPS) is 9.86. The standard InChI is InChI=1S/C11H15NO2/c1-3-6-14-11-5-4-9(12)7-10(11)8(2)13/h4-5,7H,3,6,12H2,1-2H3. The lowest BCUT2D eigenvalue weighted by Gasteiger charge is -2.09. The highest BCUT2D eigenvalue weighted by Gasteiger charge is 2.08. The molecule has 14 heavy (non-hydrogen) atoms. The smallest absolute Gasteiger partial charge is 0.163 e. The predicted molar refractivity (Wildman–Crippen MR) is 56.6 cm³/mol. The molecule has 1 aromatic rings. The van der Waals surface area contributed by atoms with E-state index in [1.54, 1.807) is 18.2 Å². The van der Waals surface area contributed by atoms with Crippen molar-refractivity contribution in [2.24, 2.45) is 0 Å². The number of anilines is 1. The van der Waals surface area contributed by atoms with E-state index >= 15 is 0 Å². The molecule has 0 atom stereocenters. The van der Waals surface area contributed by atoms with Gasteiger partial charge in [-0.15, -0.1) is 0 Å². The van der Waals surface area contributed by atoms with Crippen LogP contribution in [0.25, 0.3) is 0 Å². The van der Waals surface area contributed by atoms with E-state index in [1.165, 1.54) is 6.92 Å². The molecule has 0 fully saturated rings. The third kappa shape index (κ3) is 2.49. The van der Waals surface area contributed by atoms with Crippen LogP contribution in [-0.2, 0) is 0 Å². The van der Waals surface area contributed by atoms with E-state index in [9.17, 15) is 4.79 Å². The minimum atomic E-state index is -0.0246. The second kappa shape index (κ2) is 4.65. The van der Waals surface area contributed by atoms with Crippen LogP contribution >= 0.6 is 0 Å². The Morgan fingerprint density at radius 1 is 1.50 bits per heavy atom. The minimum absolute atomic E-state index is 0.0246. The lowest BCUT2D eigenvalue weighted by atomic mass is 10.1. The Bertz CT molecular complexity index is 334. The number of carbonyl (C=O) groups is 1. The average Bonchev–Trinajstić information content (AvgIpc) is 2.15. The molecule has 0 amide bonds. The van der Waals surface area contributed by atoms with Crippen LogP contribution in [0, 0.1) is 0 Å². The van der Waals surface area contributed by atoms with E-state index < -0.39 is 0 Å². The van der Waals surface area contributed by atoms with Crippen LogP contribution in [0.2, 0.25) is 0 Å². The molecule has 1 rings (SSSR count). The second-order valence-corrected chi connectivity index (χ2v) is 3.16. The molecule has 0 aromatic heterocycles. The van der Waals surface area contributed by atoms with Crippen molar-refractivity contribution in [1.82, 2.24) is 0 Å². The van der Waals surface area contributed by atoms with Gasteiger partial charge in [-0.1, -0.05) is 6.92 Å². The van der Waals surface area contributed by atoms with Crippen LogP contribution in [-0.4, -0.2) is 12.4 Å². The number of rotatable bonds is 4. The van der Waals surface area contributed by atoms with Gasteiger partial charge in [-0.3, -0.25) is 4.79 Å². The number of nitrogen functional groups attached to an aromatic ring is 1. The minimum Gasteiger partial charge on any atom is -0.493 e. The fourth-order valence-electron chi connectivity index (χ4n) is 1.16. The first-order valence-electron chi connectivity index (χ1n) is 4.68. The molecule has 0 heterocycles. The summed E-state index contributed by atoms with van der Waals surface area (Å²) in [6.07, 6.45) is 0.918. The zero-order valence-corrected chi connectivity index (χ0v) is 8.54. The fourth-order valence-corrected chi connectivity index (χ4v) is 1.16. The molecular formula is C11H15NO2. The van der Waals surface area contributed by atoms with Gasteiger partial charge >= 0.3 is 0 Å². The lowest BCUT2D eigenvalue weighted by Crippen LogP contribution is -2.03. The highest BCUT2D eigenvalue weighted by molar-refractivity contribution is 5.97. The molecule has 0 aliphatic carbocycles. The molecule has 3 nitrogen and oxygen atoms in total. The van der Waals surface area contributed by atoms with E-state index in [1.807, 2.05) is 6.92 Å². The second-order valence-electron chi connectivity index (χ2n) is 3.16. The van der Waals surface area contributed by atoms with Gasteiger partial charge in [0.2, 0.25) is 0 Å². The summed E-state index contributed by atoms with van der Waals surface area (Å²) in [5.74, 6) is 0.594. The molecule has 1 aromatic carbocycles. The Labute approximate surface area is 83.9 Å². The number of carbonyl (C=O) groups excluding carboxylic acids is 1. The maximum absolute atomic E-state index is 11.2. The molecule has 0 aliphatic rings. The molecular weight excluding hydrogens is 178 g/mol. The molecule has 0 spiro atoms. The highest BCUT2D eigenvalue weighted by atomic mass is 16.5. The summed E-state index contributed by atoms with van der Waals surface area (Å²) in [5, 5.41) is 0. The average molecular weight is 193 g/mol. The predicted octanol–water partition coefficient (Wildman–Crippen LogP) is 2.26. The maximum atomic E-state index is 11.2. The summed E-state index contributed by atoms with van der Waals surface area (Å²) < 4.78 is 5.43. The van der Waals surface area contributed by atoms with Crippen molar-refractivity contribution in [2.75, 3.05) is 12.3 Å². The van der Waals surface area contributed by atoms with Gasteiger partial charge in [-0.05, 0) is 31.5 Å². The Hall–Kier alpha value is -1.51. The maximum Gasteiger partial charge on any atom is 0.163 e. The van der Waals surface area contributed by atoms with Crippen molar-refractivity contribution in [3.05, 3.63) is 23.8 Å². The summed E-state index contributed by atoms with van der Waals surface area (Å²) >= 11 is 0. The molecule has 0 saturated heterocycles. The number of ketones is 1. The summed E-state index contributed by atoms with van der Waals surface area (Å²) in [6.45, 7) is 4.14. The zero-order valence-electron chi connectivity index (χ0n) is 8.54. The van der Waals surface area contributed by atoms with Crippen LogP contribution in [0.15, 0.2) is 18.2 Å². The fraction of sp³-hybridized carbons (Fsp3) is 0.364. The molecule has 0 aliphatic heterocycles. The van der Waals surface area contributed by atoms with Crippen LogP contribution in [0.5, 0.6) is 5.75 Å². The summed E-state index contributed by atoms with van der Waals surface area (Å²) in [4.78, 5) is 11.2. The number of Topliss-reactive ketones (excluding diaryl/α,β-unsaturated/α-hetero) is 1. The molecule has 0 unspecified atom stereocenters. The van der Waals surface area contributed by atoms with E-state index in [-0.39, 0.29) is 5.78 Å². The Morgan fingerprint density at radius 3 is 2.79 bits per heavy atom. The van der Waals surface area contributed by atoms with Crippen LogP contribution < -0.4 is 10.5 Å². The zero-order chi connectivity index (χ0) is 10.6. The number of hydrogen-bond donors (Lipinski definition) is 1. The number of benzene rings is 1. The van der Waals surface area contributed by atoms with Gasteiger partial charge in [0, 0.05) is 5.69 Å². The van der Waals surface area contributed by atoms with Gasteiger partial charge in [-0.2, -0.15) is 0 Å². The largest absolute Gasteiger partial charge is 0.493 e. The molecule has 0 saturated carbocycles. The van der Waals surface area contributed by atoms with Gasteiger partial charge in [0.1, 0.15) is 5.75 Å². The summed E-state index contributed by atoms with van der Waals surface area (Å²) in [5.41, 5.74) is 6.72. The summed E-state index contributed by atoms with van der Waals surface area (Å²) in [6, 6.07) is 5.12. The van der Waals surface area contributed by atoms with Crippen LogP contribution in [0.3, 0.4) is 0 Å². The van der Waals surface area contributed by atoms with Crippen molar-refractivity contribution < 1.29 is 9.53 Å². The van der Waals surface area contributed by atoms with Gasteiger partial charge in [0.15, 0.2) is 5.78 Å². The molecule has 0 radical (unpaired) electrons. The van der Waals surface area contributed by atoms with Gasteiger partial charge in [-0.25, -0.2) is 0 Å². The monoisotopic (exact) mass is 193 g/mol. The first kappa shape index (κ1) is 10.6. The topological polar surface area (TPSA) is 52.3 Å². The van der Waals surface area contributed by atoms with E-state index in [2.05, 4.69) is 0 Å². The molecule has 2 N–H and O–H groups in total. The van der Waals surface area contributed by atoms with Crippen molar-refractivity contribution in [3.8, 4) is 5.75 Å². The number of hydrogen-bond acceptors (Lipinski definition) is 3. The number of ether oxygens (including phenoxy) is 1. The first-order chi connectivity index (χ1) is 6.65. The summed E-state index contributed by atoms with van der Waals surface area (Å²) in [7, 11) is 0. The van der Waals surface area contributed by atoms with Crippen molar-refractivity contribution >= 4 is 11.5 Å². The quantitative estimate of drug-likeness (QED) is 0.589. The highest BCUT2D eigenvalue weighted by Crippen LogP contribution is 2.21. The van der Waals surface area contributed by atoms with Crippen molar-refractivity contribution in [2.45, 2.75) is 20.3 Å². The molecule has 0 bridgehead atoms. The first-order valence-corrected chi connectivity index (χ1v) is 4.68. The molecule has 3 heteroatoms. The van der Waals surface area contributed by atoms with Crippen molar-refractivity contribution in [3.63, 3.8) is 0 Å². The van der Waals surface area contributed by atoms with Crippen LogP contribution in [0.4, 0.5) is 5.69 Å². The van der Waals surface area contributed by atoms with E-state index in [0.717, 1.165) is 6.42 Å². The third-order valence-electron chi connectivity index (χ3n) is 1.84. The molecule has 76 valence electrons. The van der Waals surface area contributed by atoms with E-state index in [4.69, 9.17) is 10.5 Å². The van der Waals surface area contributed by atoms with Crippen molar-refractivity contribution in [1.29, 1.82) is 0 Å². The lowest BCUT2D eigenvalue weighted by molar-refractivity contribution is 0.101. The Kier molecular flexibility index (Phi) is 3.51.